The summed E-state index contributed by atoms with van der Waals surface area (Å²) >= 11 is 0. The smallest absolute Gasteiger partial charge is 0.359 e. The van der Waals surface area contributed by atoms with Gasteiger partial charge in [0, 0.05) is 18.2 Å². The van der Waals surface area contributed by atoms with Crippen LogP contribution in [-0.2, 0) is 24.9 Å². The summed E-state index contributed by atoms with van der Waals surface area (Å²) in [6.07, 6.45) is -3.73. The van der Waals surface area contributed by atoms with E-state index in [-0.39, 0.29) is 30.3 Å². The summed E-state index contributed by atoms with van der Waals surface area (Å²) < 4.78 is 31.2. The van der Waals surface area contributed by atoms with Crippen molar-refractivity contribution in [2.45, 2.75) is 122 Å². The summed E-state index contributed by atoms with van der Waals surface area (Å²) in [5, 5.41) is 29.5. The molecular formula is C23H44N3O9PSi. The van der Waals surface area contributed by atoms with Crippen LogP contribution >= 0.6 is 7.60 Å². The Hall–Kier alpha value is -1.15. The summed E-state index contributed by atoms with van der Waals surface area (Å²) in [6.45, 7) is 16.1. The molecule has 0 radical (unpaired) electrons. The minimum atomic E-state index is -4.47. The zero-order chi connectivity index (χ0) is 28.8. The van der Waals surface area contributed by atoms with Gasteiger partial charge in [-0.1, -0.05) is 27.7 Å². The van der Waals surface area contributed by atoms with Crippen LogP contribution in [0.4, 0.5) is 5.82 Å². The topological polar surface area (TPSA) is 187 Å². The molecule has 6 N–H and O–H groups in total. The number of hydrogen-bond donors (Lipinski definition) is 5. The molecule has 2 heterocycles. The third-order valence-corrected chi connectivity index (χ3v) is 14.0. The van der Waals surface area contributed by atoms with Gasteiger partial charge in [-0.05, 0) is 45.3 Å². The molecule has 214 valence electrons. The van der Waals surface area contributed by atoms with Gasteiger partial charge < -0.3 is 39.6 Å². The van der Waals surface area contributed by atoms with Crippen molar-refractivity contribution in [2.24, 2.45) is 0 Å². The molecule has 2 rings (SSSR count). The number of aliphatic hydroxyl groups is 3. The molecule has 0 bridgehead atoms. The average Bonchev–Trinajstić information content (AvgIpc) is 2.99. The minimum Gasteiger partial charge on any atom is -0.412 e. The van der Waals surface area contributed by atoms with Gasteiger partial charge in [-0.25, -0.2) is 4.79 Å². The minimum absolute atomic E-state index is 0.00168. The van der Waals surface area contributed by atoms with Crippen molar-refractivity contribution in [2.75, 3.05) is 5.73 Å². The predicted molar refractivity (Wildman–Crippen MR) is 141 cm³/mol. The molecule has 2 unspecified atom stereocenters. The van der Waals surface area contributed by atoms with Gasteiger partial charge in [-0.3, -0.25) is 9.13 Å². The van der Waals surface area contributed by atoms with E-state index in [9.17, 15) is 29.6 Å². The first kappa shape index (κ1) is 32.1. The number of nitrogens with two attached hydrogens (primary N) is 1. The van der Waals surface area contributed by atoms with E-state index in [1.54, 1.807) is 13.8 Å². The Kier molecular flexibility index (Phi) is 9.34. The van der Waals surface area contributed by atoms with Crippen LogP contribution in [0.3, 0.4) is 0 Å². The van der Waals surface area contributed by atoms with E-state index in [0.717, 1.165) is 18.4 Å². The summed E-state index contributed by atoms with van der Waals surface area (Å²) in [6, 6.07) is 0. The molecule has 6 atom stereocenters. The summed E-state index contributed by atoms with van der Waals surface area (Å²) in [4.78, 5) is 26.8. The largest absolute Gasteiger partial charge is 0.412 e. The fraction of sp³-hybridized carbons (Fsp3) is 0.826. The Labute approximate surface area is 219 Å². The van der Waals surface area contributed by atoms with Crippen molar-refractivity contribution >= 4 is 21.7 Å². The van der Waals surface area contributed by atoms with Crippen LogP contribution in [0.25, 0.3) is 0 Å². The van der Waals surface area contributed by atoms with E-state index in [0.29, 0.717) is 5.56 Å². The number of anilines is 1. The molecular weight excluding hydrogens is 521 g/mol. The number of hydrogen-bond acceptors (Lipinski definition) is 10. The molecule has 0 aromatic carbocycles. The fourth-order valence-electron chi connectivity index (χ4n) is 3.50. The maximum Gasteiger partial charge on any atom is 0.359 e. The van der Waals surface area contributed by atoms with Gasteiger partial charge in [0.25, 0.3) is 0 Å². The predicted octanol–water partition coefficient (Wildman–Crippen LogP) is 2.46. The van der Waals surface area contributed by atoms with Crippen molar-refractivity contribution < 1.29 is 38.5 Å². The van der Waals surface area contributed by atoms with Crippen LogP contribution in [0.2, 0.25) is 18.1 Å². The van der Waals surface area contributed by atoms with Crippen LogP contribution in [0.1, 0.15) is 73.1 Å². The van der Waals surface area contributed by atoms with Crippen molar-refractivity contribution in [3.8, 4) is 0 Å². The highest BCUT2D eigenvalue weighted by Gasteiger charge is 2.50. The maximum atomic E-state index is 12.7. The van der Waals surface area contributed by atoms with E-state index >= 15 is 0 Å². The Morgan fingerprint density at radius 2 is 1.76 bits per heavy atom. The number of nitrogen functional groups attached to an aromatic ring is 1. The lowest BCUT2D eigenvalue weighted by molar-refractivity contribution is -0.0710. The van der Waals surface area contributed by atoms with Crippen molar-refractivity contribution in [1.29, 1.82) is 0 Å². The standard InChI is InChI=1S/C23H44N3O9PSi/c1-10-23(7,35-36(31,32)22(5,6)30)11-15-16(27)17(28)19(34-15)26-12-14(18(24)25-20(26)29)13-33-37(8,9)21(2,3)4/h12,15-17,19,27-28,30H,10-11,13H2,1-9H3,(H,31,32)(H2,24,25,29)/t15-,16-,17-,19-,23?/m1/s1. The van der Waals surface area contributed by atoms with Gasteiger partial charge in [0.15, 0.2) is 19.9 Å². The van der Waals surface area contributed by atoms with Crippen LogP contribution in [0.5, 0.6) is 0 Å². The molecule has 0 saturated carbocycles. The first-order valence-corrected chi connectivity index (χ1v) is 16.8. The monoisotopic (exact) mass is 565 g/mol. The lowest BCUT2D eigenvalue weighted by atomic mass is 9.93. The molecule has 1 saturated heterocycles. The van der Waals surface area contributed by atoms with Gasteiger partial charge in [0.05, 0.1) is 18.3 Å². The van der Waals surface area contributed by atoms with Gasteiger partial charge >= 0.3 is 13.3 Å². The molecule has 0 spiro atoms. The van der Waals surface area contributed by atoms with Gasteiger partial charge in [-0.15, -0.1) is 0 Å². The molecule has 1 fully saturated rings. The van der Waals surface area contributed by atoms with Gasteiger partial charge in [0.2, 0.25) is 0 Å². The molecule has 1 aromatic rings. The second-order valence-corrected chi connectivity index (χ2v) is 19.2. The molecule has 12 nitrogen and oxygen atoms in total. The van der Waals surface area contributed by atoms with Crippen molar-refractivity contribution in [1.82, 2.24) is 9.55 Å². The van der Waals surface area contributed by atoms with Crippen LogP contribution in [0, 0.1) is 0 Å². The van der Waals surface area contributed by atoms with Gasteiger partial charge in [-0.2, -0.15) is 4.98 Å². The lowest BCUT2D eigenvalue weighted by Crippen LogP contribution is -2.41. The fourth-order valence-corrected chi connectivity index (χ4v) is 5.47. The quantitative estimate of drug-likeness (QED) is 0.207. The third-order valence-electron chi connectivity index (χ3n) is 7.48. The van der Waals surface area contributed by atoms with E-state index < -0.39 is 57.1 Å². The maximum absolute atomic E-state index is 12.7. The van der Waals surface area contributed by atoms with Crippen molar-refractivity contribution in [3.63, 3.8) is 0 Å². The lowest BCUT2D eigenvalue weighted by Gasteiger charge is -2.36. The SMILES string of the molecule is CCC(C)(C[C@H]1O[C@@H](n2cc(CO[Si](C)(C)C(C)(C)C)c(N)nc2=O)[C@H](O)[C@@H]1O)OP(=O)(O)C(C)(C)O. The molecule has 0 aliphatic carbocycles. The first-order chi connectivity index (χ1) is 16.6. The van der Waals surface area contributed by atoms with E-state index in [1.807, 2.05) is 0 Å². The normalized spacial score (nSPS) is 26.6. The van der Waals surface area contributed by atoms with Crippen molar-refractivity contribution in [3.05, 3.63) is 22.2 Å². The van der Waals surface area contributed by atoms with E-state index in [4.69, 9.17) is 19.4 Å². The number of ether oxygens (including phenoxy) is 1. The Morgan fingerprint density at radius 1 is 1.19 bits per heavy atom. The highest BCUT2D eigenvalue weighted by Crippen LogP contribution is 2.57. The molecule has 1 aliphatic heterocycles. The van der Waals surface area contributed by atoms with Crippen LogP contribution in [0.15, 0.2) is 11.0 Å². The second kappa shape index (κ2) is 10.8. The van der Waals surface area contributed by atoms with E-state index in [2.05, 4.69) is 38.8 Å². The van der Waals surface area contributed by atoms with Gasteiger partial charge in [0.1, 0.15) is 18.0 Å². The number of aromatic nitrogens is 2. The number of aliphatic hydroxyl groups excluding tert-OH is 2. The Balaban J connectivity index is 2.30. The third kappa shape index (κ3) is 7.08. The Bertz CT molecular complexity index is 1070. The second-order valence-electron chi connectivity index (χ2n) is 12.1. The summed E-state index contributed by atoms with van der Waals surface area (Å²) in [7, 11) is -6.61. The molecule has 37 heavy (non-hydrogen) atoms. The van der Waals surface area contributed by atoms with Crippen LogP contribution in [-0.4, -0.2) is 67.3 Å². The summed E-state index contributed by atoms with van der Waals surface area (Å²) in [5.41, 5.74) is 4.35. The molecule has 14 heteroatoms. The zero-order valence-electron chi connectivity index (χ0n) is 23.3. The van der Waals surface area contributed by atoms with E-state index in [1.165, 1.54) is 6.20 Å². The molecule has 0 amide bonds. The highest BCUT2D eigenvalue weighted by molar-refractivity contribution is 7.54. The summed E-state index contributed by atoms with van der Waals surface area (Å²) in [5.74, 6) is 0.00168. The molecule has 1 aromatic heterocycles. The first-order valence-electron chi connectivity index (χ1n) is 12.3. The molecule has 1 aliphatic rings. The zero-order valence-corrected chi connectivity index (χ0v) is 25.2. The number of rotatable bonds is 10. The average molecular weight is 566 g/mol. The highest BCUT2D eigenvalue weighted by atomic mass is 31.2. The Morgan fingerprint density at radius 3 is 2.24 bits per heavy atom. The van der Waals surface area contributed by atoms with Crippen LogP contribution < -0.4 is 11.4 Å². The number of nitrogens with zero attached hydrogens (tertiary/aromatic N) is 2.